The van der Waals surface area contributed by atoms with Crippen LogP contribution >= 0.6 is 7.82 Å². The SMILES string of the molecule is CCCCCCCCCCCCCCCCC[C@H]1CO[C@H](OP(=O)([O-])OC(C[N+](C)(C)C)OC)CO1. The van der Waals surface area contributed by atoms with Crippen molar-refractivity contribution in [3.63, 3.8) is 0 Å². The number of rotatable bonds is 23. The van der Waals surface area contributed by atoms with Gasteiger partial charge >= 0.3 is 0 Å². The molecule has 1 aliphatic heterocycles. The molecule has 0 aromatic heterocycles. The third kappa shape index (κ3) is 19.1. The predicted molar refractivity (Wildman–Crippen MR) is 142 cm³/mol. The minimum absolute atomic E-state index is 0.0105. The predicted octanol–water partition coefficient (Wildman–Crippen LogP) is 6.17. The van der Waals surface area contributed by atoms with Crippen LogP contribution in [0.5, 0.6) is 0 Å². The van der Waals surface area contributed by atoms with E-state index in [-0.39, 0.29) is 12.7 Å². The summed E-state index contributed by atoms with van der Waals surface area (Å²) in [6.45, 7) is 3.03. The average molecular weight is 538 g/mol. The molecule has 9 heteroatoms. The molecular formula is C27H56NO7P. The number of hydrogen-bond acceptors (Lipinski definition) is 7. The molecule has 0 amide bonds. The molecule has 1 aliphatic rings. The van der Waals surface area contributed by atoms with Crippen molar-refractivity contribution >= 4 is 7.82 Å². The Morgan fingerprint density at radius 2 is 1.33 bits per heavy atom. The number of unbranched alkanes of at least 4 members (excludes halogenated alkanes) is 14. The highest BCUT2D eigenvalue weighted by Gasteiger charge is 2.29. The van der Waals surface area contributed by atoms with Gasteiger partial charge in [-0.05, 0) is 6.42 Å². The zero-order valence-corrected chi connectivity index (χ0v) is 24.8. The number of likely N-dealkylation sites (N-methyl/N-ethyl adjacent to an activating group) is 1. The minimum Gasteiger partial charge on any atom is -0.756 e. The Morgan fingerprint density at radius 1 is 0.833 bits per heavy atom. The third-order valence-corrected chi connectivity index (χ3v) is 7.51. The van der Waals surface area contributed by atoms with Gasteiger partial charge in [0.25, 0.3) is 7.82 Å². The maximum atomic E-state index is 12.2. The first-order valence-corrected chi connectivity index (χ1v) is 15.9. The second-order valence-electron chi connectivity index (χ2n) is 11.3. The Morgan fingerprint density at radius 3 is 1.75 bits per heavy atom. The van der Waals surface area contributed by atoms with Gasteiger partial charge in [-0.1, -0.05) is 103 Å². The van der Waals surface area contributed by atoms with Crippen molar-refractivity contribution in [1.82, 2.24) is 0 Å². The van der Waals surface area contributed by atoms with Crippen LogP contribution in [0.4, 0.5) is 0 Å². The van der Waals surface area contributed by atoms with Crippen molar-refractivity contribution in [1.29, 1.82) is 0 Å². The van der Waals surface area contributed by atoms with Gasteiger partial charge < -0.3 is 23.6 Å². The Hall–Kier alpha value is -0.0500. The highest BCUT2D eigenvalue weighted by atomic mass is 31.2. The summed E-state index contributed by atoms with van der Waals surface area (Å²) in [6, 6.07) is 0. The van der Waals surface area contributed by atoms with Gasteiger partial charge in [-0.15, -0.1) is 0 Å². The number of methoxy groups -OCH3 is 1. The number of ether oxygens (including phenoxy) is 3. The molecule has 0 aromatic carbocycles. The zero-order chi connectivity index (χ0) is 26.7. The molecule has 0 aliphatic carbocycles. The lowest BCUT2D eigenvalue weighted by molar-refractivity contribution is -0.876. The van der Waals surface area contributed by atoms with E-state index in [0.717, 1.165) is 12.8 Å². The fourth-order valence-electron chi connectivity index (χ4n) is 4.41. The van der Waals surface area contributed by atoms with E-state index in [2.05, 4.69) is 6.92 Å². The fraction of sp³-hybridized carbons (Fsp3) is 1.00. The maximum absolute atomic E-state index is 12.2. The fourth-order valence-corrected chi connectivity index (χ4v) is 5.31. The maximum Gasteiger partial charge on any atom is 0.272 e. The van der Waals surface area contributed by atoms with E-state index in [9.17, 15) is 9.46 Å². The Bertz CT molecular complexity index is 565. The van der Waals surface area contributed by atoms with Crippen molar-refractivity contribution in [3.8, 4) is 0 Å². The average Bonchev–Trinajstić information content (AvgIpc) is 2.81. The molecule has 1 saturated heterocycles. The van der Waals surface area contributed by atoms with Crippen molar-refractivity contribution in [2.75, 3.05) is 48.0 Å². The zero-order valence-electron chi connectivity index (χ0n) is 23.9. The largest absolute Gasteiger partial charge is 0.756 e. The van der Waals surface area contributed by atoms with Crippen molar-refractivity contribution in [2.45, 2.75) is 128 Å². The van der Waals surface area contributed by atoms with Gasteiger partial charge in [0.2, 0.25) is 6.29 Å². The molecule has 8 nitrogen and oxygen atoms in total. The molecule has 2 unspecified atom stereocenters. The van der Waals surface area contributed by atoms with Crippen LogP contribution in [0.1, 0.15) is 110 Å². The molecular weight excluding hydrogens is 481 g/mol. The van der Waals surface area contributed by atoms with Crippen LogP contribution in [-0.2, 0) is 27.8 Å². The van der Waals surface area contributed by atoms with Crippen molar-refractivity contribution in [3.05, 3.63) is 0 Å². The van der Waals surface area contributed by atoms with Crippen LogP contribution in [0, 0.1) is 0 Å². The van der Waals surface area contributed by atoms with E-state index in [1.165, 1.54) is 97.0 Å². The summed E-state index contributed by atoms with van der Waals surface area (Å²) < 4.78 is 39.3. The molecule has 1 fully saturated rings. The van der Waals surface area contributed by atoms with E-state index in [1.54, 1.807) is 0 Å². The quantitative estimate of drug-likeness (QED) is 0.0667. The summed E-state index contributed by atoms with van der Waals surface area (Å²) in [4.78, 5) is 12.2. The minimum atomic E-state index is -4.58. The molecule has 0 radical (unpaired) electrons. The molecule has 0 N–H and O–H groups in total. The lowest BCUT2D eigenvalue weighted by Crippen LogP contribution is -2.43. The molecule has 36 heavy (non-hydrogen) atoms. The third-order valence-electron chi connectivity index (χ3n) is 6.52. The lowest BCUT2D eigenvalue weighted by atomic mass is 10.0. The summed E-state index contributed by atoms with van der Waals surface area (Å²) in [5.41, 5.74) is 0. The smallest absolute Gasteiger partial charge is 0.272 e. The van der Waals surface area contributed by atoms with Gasteiger partial charge in [0.15, 0.2) is 6.29 Å². The van der Waals surface area contributed by atoms with Crippen LogP contribution in [0.25, 0.3) is 0 Å². The number of quaternary nitrogens is 1. The molecule has 0 aromatic rings. The second-order valence-corrected chi connectivity index (χ2v) is 12.6. The van der Waals surface area contributed by atoms with Crippen LogP contribution in [0.2, 0.25) is 0 Å². The molecule has 4 atom stereocenters. The summed E-state index contributed by atoms with van der Waals surface area (Å²) in [6.07, 6.45) is 19.2. The lowest BCUT2D eigenvalue weighted by Gasteiger charge is -2.35. The van der Waals surface area contributed by atoms with Crippen LogP contribution in [-0.4, -0.2) is 71.2 Å². The Balaban J connectivity index is 1.99. The first-order valence-electron chi connectivity index (χ1n) is 14.4. The number of phosphoric ester groups is 1. The van der Waals surface area contributed by atoms with Gasteiger partial charge in [0, 0.05) is 7.11 Å². The second kappa shape index (κ2) is 19.9. The summed E-state index contributed by atoms with van der Waals surface area (Å²) >= 11 is 0. The summed E-state index contributed by atoms with van der Waals surface area (Å²) in [5, 5.41) is 0. The molecule has 1 rings (SSSR count). The van der Waals surface area contributed by atoms with E-state index in [1.807, 2.05) is 21.1 Å². The Labute approximate surface area is 221 Å². The van der Waals surface area contributed by atoms with Gasteiger partial charge in [0.05, 0.1) is 40.5 Å². The summed E-state index contributed by atoms with van der Waals surface area (Å²) in [5.74, 6) is 0. The van der Waals surface area contributed by atoms with Gasteiger partial charge in [-0.25, -0.2) is 0 Å². The number of phosphoric acid groups is 1. The topological polar surface area (TPSA) is 86.3 Å². The molecule has 216 valence electrons. The number of nitrogens with zero attached hydrogens (tertiary/aromatic N) is 1. The first-order chi connectivity index (χ1) is 17.1. The van der Waals surface area contributed by atoms with E-state index in [4.69, 9.17) is 23.3 Å². The standard InChI is InChI=1S/C27H56NO7P/c1-6-7-8-9-10-11-12-13-14-15-16-17-18-19-20-21-25-23-33-27(24-32-25)35-36(29,30)34-26(31-5)22-28(2,3)4/h25-27H,6-24H2,1-5H3/t25-,26?,27+/m0/s1. The molecule has 0 bridgehead atoms. The van der Waals surface area contributed by atoms with Crippen molar-refractivity contribution < 1.29 is 37.2 Å². The first kappa shape index (κ1) is 34.0. The molecule has 0 saturated carbocycles. The van der Waals surface area contributed by atoms with Crippen LogP contribution < -0.4 is 4.89 Å². The highest BCUT2D eigenvalue weighted by Crippen LogP contribution is 2.42. The summed E-state index contributed by atoms with van der Waals surface area (Å²) in [7, 11) is 2.58. The van der Waals surface area contributed by atoms with Crippen LogP contribution in [0.3, 0.4) is 0 Å². The van der Waals surface area contributed by atoms with Gasteiger partial charge in [0.1, 0.15) is 6.54 Å². The monoisotopic (exact) mass is 537 g/mol. The van der Waals surface area contributed by atoms with Gasteiger partial charge in [-0.2, -0.15) is 0 Å². The van der Waals surface area contributed by atoms with Crippen molar-refractivity contribution in [2.24, 2.45) is 0 Å². The number of hydrogen-bond donors (Lipinski definition) is 0. The van der Waals surface area contributed by atoms with E-state index >= 15 is 0 Å². The molecule has 0 spiro atoms. The van der Waals surface area contributed by atoms with Gasteiger partial charge in [-0.3, -0.25) is 13.6 Å². The van der Waals surface area contributed by atoms with Crippen LogP contribution in [0.15, 0.2) is 0 Å². The highest BCUT2D eigenvalue weighted by molar-refractivity contribution is 7.45. The molecule has 1 heterocycles. The normalized spacial score (nSPS) is 21.4. The van der Waals surface area contributed by atoms with E-state index < -0.39 is 20.4 Å². The Kier molecular flexibility index (Phi) is 18.8. The van der Waals surface area contributed by atoms with E-state index in [0.29, 0.717) is 17.6 Å².